The van der Waals surface area contributed by atoms with E-state index in [0.29, 0.717) is 11.6 Å². The summed E-state index contributed by atoms with van der Waals surface area (Å²) in [7, 11) is 1.53. The largest absolute Gasteiger partial charge is 0.327 e. The van der Waals surface area contributed by atoms with E-state index in [1.54, 1.807) is 0 Å². The fourth-order valence-electron chi connectivity index (χ4n) is 2.12. The third-order valence-corrected chi connectivity index (χ3v) is 3.39. The summed E-state index contributed by atoms with van der Waals surface area (Å²) in [5.74, 6) is -0.317. The summed E-state index contributed by atoms with van der Waals surface area (Å²) in [5, 5.41) is 2.69. The number of hydrogen-bond donors (Lipinski definition) is 1. The molecule has 6 heteroatoms. The lowest BCUT2D eigenvalue weighted by molar-refractivity contribution is -0.129. The van der Waals surface area contributed by atoms with E-state index >= 15 is 0 Å². The van der Waals surface area contributed by atoms with Crippen molar-refractivity contribution >= 4 is 23.5 Å². The summed E-state index contributed by atoms with van der Waals surface area (Å²) in [6.45, 7) is 3.95. The molecule has 1 aromatic carbocycles. The summed E-state index contributed by atoms with van der Waals surface area (Å²) in [6.07, 6.45) is 0. The van der Waals surface area contributed by atoms with Crippen LogP contribution in [-0.4, -0.2) is 47.8 Å². The first-order valence-electron chi connectivity index (χ1n) is 6.83. The molecule has 0 bridgehead atoms. The zero-order valence-corrected chi connectivity index (χ0v) is 12.4. The molecule has 1 N–H and O–H groups in total. The predicted molar refractivity (Wildman–Crippen MR) is 78.9 cm³/mol. The van der Waals surface area contributed by atoms with Crippen molar-refractivity contribution in [3.8, 4) is 0 Å². The number of likely N-dealkylation sites (N-methyl/N-ethyl adjacent to an activating group) is 1. The lowest BCUT2D eigenvalue weighted by atomic mass is 10.0. The molecule has 0 aromatic heterocycles. The van der Waals surface area contributed by atoms with Crippen LogP contribution in [-0.2, 0) is 9.59 Å². The molecular weight excluding hydrogens is 270 g/mol. The van der Waals surface area contributed by atoms with Crippen molar-refractivity contribution in [3.63, 3.8) is 0 Å². The van der Waals surface area contributed by atoms with Crippen LogP contribution in [0.15, 0.2) is 24.3 Å². The van der Waals surface area contributed by atoms with Gasteiger partial charge in [-0.05, 0) is 23.6 Å². The normalized spacial score (nSPS) is 15.0. The van der Waals surface area contributed by atoms with Crippen molar-refractivity contribution in [1.29, 1.82) is 0 Å². The fourth-order valence-corrected chi connectivity index (χ4v) is 2.12. The van der Waals surface area contributed by atoms with Gasteiger partial charge in [-0.25, -0.2) is 4.79 Å². The zero-order chi connectivity index (χ0) is 15.6. The second kappa shape index (κ2) is 5.95. The first kappa shape index (κ1) is 15.0. The standard InChI is InChI=1S/C15H19N3O3/c1-10(2)11-4-6-12(7-5-11)16-13(19)8-18-14(20)9-17(3)15(18)21/h4-7,10H,8-9H2,1-3H3,(H,16,19). The minimum absolute atomic E-state index is 0.0230. The Bertz CT molecular complexity index is 566. The number of amides is 4. The van der Waals surface area contributed by atoms with Gasteiger partial charge in [0.05, 0.1) is 0 Å². The number of carbonyl (C=O) groups is 3. The molecule has 0 radical (unpaired) electrons. The third kappa shape index (κ3) is 3.39. The number of hydrogen-bond acceptors (Lipinski definition) is 3. The van der Waals surface area contributed by atoms with Gasteiger partial charge in [0.2, 0.25) is 5.91 Å². The van der Waals surface area contributed by atoms with Crippen LogP contribution in [0.1, 0.15) is 25.3 Å². The molecule has 1 fully saturated rings. The summed E-state index contributed by atoms with van der Waals surface area (Å²) < 4.78 is 0. The molecule has 0 aliphatic carbocycles. The molecule has 0 spiro atoms. The van der Waals surface area contributed by atoms with Gasteiger partial charge in [0.25, 0.3) is 5.91 Å². The minimum Gasteiger partial charge on any atom is -0.325 e. The Morgan fingerprint density at radius 1 is 1.24 bits per heavy atom. The van der Waals surface area contributed by atoms with E-state index in [2.05, 4.69) is 19.2 Å². The highest BCUT2D eigenvalue weighted by atomic mass is 16.2. The lowest BCUT2D eigenvalue weighted by Crippen LogP contribution is -2.38. The van der Waals surface area contributed by atoms with E-state index in [1.807, 2.05) is 24.3 Å². The molecule has 4 amide bonds. The van der Waals surface area contributed by atoms with E-state index in [1.165, 1.54) is 17.5 Å². The van der Waals surface area contributed by atoms with Crippen LogP contribution in [0.5, 0.6) is 0 Å². The van der Waals surface area contributed by atoms with Gasteiger partial charge in [0.15, 0.2) is 0 Å². The van der Waals surface area contributed by atoms with Crippen molar-refractivity contribution in [2.45, 2.75) is 19.8 Å². The van der Waals surface area contributed by atoms with Gasteiger partial charge in [-0.2, -0.15) is 0 Å². The maximum atomic E-state index is 11.9. The molecule has 1 saturated heterocycles. The molecule has 112 valence electrons. The maximum Gasteiger partial charge on any atom is 0.327 e. The molecular formula is C15H19N3O3. The number of imide groups is 1. The number of benzene rings is 1. The van der Waals surface area contributed by atoms with E-state index in [-0.39, 0.29) is 24.9 Å². The molecule has 6 nitrogen and oxygen atoms in total. The second-order valence-electron chi connectivity index (χ2n) is 5.44. The molecule has 1 aromatic rings. The Morgan fingerprint density at radius 2 is 1.86 bits per heavy atom. The number of urea groups is 1. The van der Waals surface area contributed by atoms with E-state index in [4.69, 9.17) is 0 Å². The topological polar surface area (TPSA) is 69.7 Å². The highest BCUT2D eigenvalue weighted by Crippen LogP contribution is 2.17. The minimum atomic E-state index is -0.440. The number of rotatable bonds is 4. The number of nitrogens with zero attached hydrogens (tertiary/aromatic N) is 2. The Morgan fingerprint density at radius 3 is 2.33 bits per heavy atom. The van der Waals surface area contributed by atoms with Crippen molar-refractivity contribution in [2.24, 2.45) is 0 Å². The van der Waals surface area contributed by atoms with Crippen LogP contribution in [0, 0.1) is 0 Å². The third-order valence-electron chi connectivity index (χ3n) is 3.39. The number of anilines is 1. The fraction of sp³-hybridized carbons (Fsp3) is 0.400. The average Bonchev–Trinajstić information content (AvgIpc) is 2.66. The lowest BCUT2D eigenvalue weighted by Gasteiger charge is -2.14. The van der Waals surface area contributed by atoms with E-state index < -0.39 is 6.03 Å². The van der Waals surface area contributed by atoms with Crippen molar-refractivity contribution in [1.82, 2.24) is 9.80 Å². The van der Waals surface area contributed by atoms with E-state index in [0.717, 1.165) is 4.90 Å². The van der Waals surface area contributed by atoms with Gasteiger partial charge >= 0.3 is 6.03 Å². The Hall–Kier alpha value is -2.37. The van der Waals surface area contributed by atoms with Crippen LogP contribution in [0.2, 0.25) is 0 Å². The highest BCUT2D eigenvalue weighted by molar-refractivity contribution is 6.06. The van der Waals surface area contributed by atoms with Crippen molar-refractivity contribution < 1.29 is 14.4 Å². The molecule has 2 rings (SSSR count). The van der Waals surface area contributed by atoms with Crippen molar-refractivity contribution in [2.75, 3.05) is 25.5 Å². The molecule has 0 unspecified atom stereocenters. The summed E-state index contributed by atoms with van der Waals surface area (Å²) in [5.41, 5.74) is 1.83. The first-order chi connectivity index (χ1) is 9.88. The van der Waals surface area contributed by atoms with Gasteiger partial charge in [-0.15, -0.1) is 0 Å². The van der Waals surface area contributed by atoms with Gasteiger partial charge in [-0.1, -0.05) is 26.0 Å². The van der Waals surface area contributed by atoms with E-state index in [9.17, 15) is 14.4 Å². The predicted octanol–water partition coefficient (Wildman–Crippen LogP) is 1.64. The molecule has 1 aliphatic heterocycles. The monoisotopic (exact) mass is 289 g/mol. The van der Waals surface area contributed by atoms with Crippen LogP contribution in [0.25, 0.3) is 0 Å². The van der Waals surface area contributed by atoms with Gasteiger partial charge in [-0.3, -0.25) is 14.5 Å². The summed E-state index contributed by atoms with van der Waals surface area (Å²) in [4.78, 5) is 37.4. The zero-order valence-electron chi connectivity index (χ0n) is 12.4. The van der Waals surface area contributed by atoms with Crippen molar-refractivity contribution in [3.05, 3.63) is 29.8 Å². The quantitative estimate of drug-likeness (QED) is 0.857. The Balaban J connectivity index is 1.96. The maximum absolute atomic E-state index is 11.9. The number of carbonyl (C=O) groups excluding carboxylic acids is 3. The molecule has 21 heavy (non-hydrogen) atoms. The molecule has 1 aliphatic rings. The number of nitrogens with one attached hydrogen (secondary N) is 1. The van der Waals surface area contributed by atoms with Crippen LogP contribution >= 0.6 is 0 Å². The SMILES string of the molecule is CC(C)c1ccc(NC(=O)CN2C(=O)CN(C)C2=O)cc1. The Labute approximate surface area is 123 Å². The van der Waals surface area contributed by atoms with Crippen LogP contribution in [0.4, 0.5) is 10.5 Å². The summed E-state index contributed by atoms with van der Waals surface area (Å²) in [6, 6.07) is 7.07. The van der Waals surface area contributed by atoms with Gasteiger partial charge in [0.1, 0.15) is 13.1 Å². The molecule has 0 saturated carbocycles. The average molecular weight is 289 g/mol. The van der Waals surface area contributed by atoms with Crippen LogP contribution in [0.3, 0.4) is 0 Å². The Kier molecular flexibility index (Phi) is 4.26. The second-order valence-corrected chi connectivity index (χ2v) is 5.44. The molecule has 0 atom stereocenters. The summed E-state index contributed by atoms with van der Waals surface area (Å²) >= 11 is 0. The first-order valence-corrected chi connectivity index (χ1v) is 6.83. The van der Waals surface area contributed by atoms with Crippen LogP contribution < -0.4 is 5.32 Å². The molecule has 1 heterocycles. The van der Waals surface area contributed by atoms with Gasteiger partial charge in [0, 0.05) is 12.7 Å². The smallest absolute Gasteiger partial charge is 0.325 e. The highest BCUT2D eigenvalue weighted by Gasteiger charge is 2.34. The van der Waals surface area contributed by atoms with Gasteiger partial charge < -0.3 is 10.2 Å².